The van der Waals surface area contributed by atoms with Crippen LogP contribution in [0.1, 0.15) is 31.2 Å². The van der Waals surface area contributed by atoms with Gasteiger partial charge in [-0.2, -0.15) is 4.31 Å². The summed E-state index contributed by atoms with van der Waals surface area (Å²) in [6, 6.07) is 6.68. The highest BCUT2D eigenvalue weighted by Crippen LogP contribution is 2.26. The molecular weight excluding hydrogens is 262 g/mol. The van der Waals surface area contributed by atoms with Crippen LogP contribution in [-0.4, -0.2) is 31.6 Å². The van der Waals surface area contributed by atoms with E-state index in [1.807, 2.05) is 6.92 Å². The summed E-state index contributed by atoms with van der Waals surface area (Å²) in [6.07, 6.45) is 3.71. The maximum absolute atomic E-state index is 12.6. The highest BCUT2D eigenvalue weighted by Gasteiger charge is 2.32. The molecule has 1 aromatic carbocycles. The van der Waals surface area contributed by atoms with Crippen LogP contribution >= 0.6 is 0 Å². The van der Waals surface area contributed by atoms with Crippen LogP contribution in [0.4, 0.5) is 0 Å². The molecule has 0 saturated carbocycles. The Morgan fingerprint density at radius 3 is 2.58 bits per heavy atom. The minimum Gasteiger partial charge on any atom is -0.303 e. The molecule has 1 saturated heterocycles. The summed E-state index contributed by atoms with van der Waals surface area (Å²) in [5.74, 6) is 0. The first kappa shape index (κ1) is 14.2. The molecule has 19 heavy (non-hydrogen) atoms. The van der Waals surface area contributed by atoms with Crippen molar-refractivity contribution in [2.24, 2.45) is 0 Å². The van der Waals surface area contributed by atoms with Gasteiger partial charge in [-0.05, 0) is 31.9 Å². The molecule has 1 fully saturated rings. The van der Waals surface area contributed by atoms with Gasteiger partial charge >= 0.3 is 0 Å². The minimum atomic E-state index is -3.48. The molecule has 0 aliphatic carbocycles. The average molecular weight is 281 g/mol. The van der Waals surface area contributed by atoms with Crippen molar-refractivity contribution in [1.82, 2.24) is 4.31 Å². The second kappa shape index (κ2) is 5.84. The van der Waals surface area contributed by atoms with Crippen molar-refractivity contribution in [3.8, 4) is 0 Å². The van der Waals surface area contributed by atoms with Crippen molar-refractivity contribution < 1.29 is 13.2 Å². The van der Waals surface area contributed by atoms with Gasteiger partial charge in [0.2, 0.25) is 10.0 Å². The molecule has 0 unspecified atom stereocenters. The van der Waals surface area contributed by atoms with Gasteiger partial charge in [0.05, 0.1) is 4.90 Å². The fourth-order valence-electron chi connectivity index (χ4n) is 2.48. The standard InChI is InChI=1S/C14H19NO3S/c1-12-5-7-14(8-6-12)19(17,18)15-10-3-2-4-13(15)9-11-16/h5-8,11,13H,2-4,9-10H2,1H3/t13-/m0/s1. The maximum atomic E-state index is 12.6. The predicted octanol–water partition coefficient (Wildman–Crippen LogP) is 2.13. The van der Waals surface area contributed by atoms with Crippen molar-refractivity contribution in [1.29, 1.82) is 0 Å². The summed E-state index contributed by atoms with van der Waals surface area (Å²) in [5.41, 5.74) is 1.03. The van der Waals surface area contributed by atoms with E-state index in [4.69, 9.17) is 0 Å². The molecule has 0 radical (unpaired) electrons. The molecule has 0 bridgehead atoms. The van der Waals surface area contributed by atoms with Crippen LogP contribution < -0.4 is 0 Å². The van der Waals surface area contributed by atoms with E-state index < -0.39 is 10.0 Å². The maximum Gasteiger partial charge on any atom is 0.243 e. The van der Waals surface area contributed by atoms with Crippen LogP contribution in [0.3, 0.4) is 0 Å². The Labute approximate surface area is 114 Å². The number of carbonyl (C=O) groups is 1. The summed E-state index contributed by atoms with van der Waals surface area (Å²) in [6.45, 7) is 2.43. The highest BCUT2D eigenvalue weighted by molar-refractivity contribution is 7.89. The highest BCUT2D eigenvalue weighted by atomic mass is 32.2. The second-order valence-electron chi connectivity index (χ2n) is 4.98. The largest absolute Gasteiger partial charge is 0.303 e. The third kappa shape index (κ3) is 3.04. The Kier molecular flexibility index (Phi) is 4.37. The number of piperidine rings is 1. The predicted molar refractivity (Wildman–Crippen MR) is 73.4 cm³/mol. The molecule has 1 aromatic rings. The lowest BCUT2D eigenvalue weighted by Crippen LogP contribution is -2.43. The lowest BCUT2D eigenvalue weighted by atomic mass is 10.0. The number of nitrogens with zero attached hydrogens (tertiary/aromatic N) is 1. The van der Waals surface area contributed by atoms with Crippen molar-refractivity contribution in [3.63, 3.8) is 0 Å². The van der Waals surface area contributed by atoms with Gasteiger partial charge in [0.15, 0.2) is 0 Å². The topological polar surface area (TPSA) is 54.5 Å². The number of aryl methyl sites for hydroxylation is 1. The molecule has 0 spiro atoms. The van der Waals surface area contributed by atoms with Gasteiger partial charge in [0.1, 0.15) is 6.29 Å². The van der Waals surface area contributed by atoms with Gasteiger partial charge in [-0.1, -0.05) is 24.1 Å². The van der Waals surface area contributed by atoms with Crippen LogP contribution in [0.5, 0.6) is 0 Å². The lowest BCUT2D eigenvalue weighted by Gasteiger charge is -2.33. The zero-order valence-electron chi connectivity index (χ0n) is 11.1. The van der Waals surface area contributed by atoms with E-state index in [9.17, 15) is 13.2 Å². The quantitative estimate of drug-likeness (QED) is 0.794. The van der Waals surface area contributed by atoms with Crippen molar-refractivity contribution >= 4 is 16.3 Å². The molecule has 104 valence electrons. The van der Waals surface area contributed by atoms with Gasteiger partial charge in [0, 0.05) is 19.0 Å². The molecule has 0 aromatic heterocycles. The van der Waals surface area contributed by atoms with Gasteiger partial charge in [-0.3, -0.25) is 0 Å². The zero-order chi connectivity index (χ0) is 13.9. The van der Waals surface area contributed by atoms with Crippen molar-refractivity contribution in [2.45, 2.75) is 43.5 Å². The average Bonchev–Trinajstić information content (AvgIpc) is 2.40. The number of sulfonamides is 1. The van der Waals surface area contributed by atoms with Crippen LogP contribution in [0.2, 0.25) is 0 Å². The summed E-state index contributed by atoms with van der Waals surface area (Å²) >= 11 is 0. The first-order chi connectivity index (χ1) is 9.05. The number of carbonyl (C=O) groups excluding carboxylic acids is 1. The molecule has 1 aliphatic rings. The van der Waals surface area contributed by atoms with Crippen LogP contribution in [-0.2, 0) is 14.8 Å². The van der Waals surface area contributed by atoms with Crippen LogP contribution in [0.25, 0.3) is 0 Å². The molecule has 2 rings (SSSR count). The normalized spacial score (nSPS) is 21.2. The Hall–Kier alpha value is -1.20. The Morgan fingerprint density at radius 2 is 1.95 bits per heavy atom. The van der Waals surface area contributed by atoms with E-state index in [0.717, 1.165) is 31.1 Å². The zero-order valence-corrected chi connectivity index (χ0v) is 11.9. The molecule has 1 aliphatic heterocycles. The van der Waals surface area contributed by atoms with E-state index in [1.165, 1.54) is 4.31 Å². The number of aldehydes is 1. The smallest absolute Gasteiger partial charge is 0.243 e. The Balaban J connectivity index is 2.31. The SMILES string of the molecule is Cc1ccc(S(=O)(=O)N2CCCC[C@H]2CC=O)cc1. The van der Waals surface area contributed by atoms with Gasteiger partial charge in [-0.15, -0.1) is 0 Å². The summed E-state index contributed by atoms with van der Waals surface area (Å²) in [5, 5.41) is 0. The van der Waals surface area contributed by atoms with E-state index in [-0.39, 0.29) is 12.5 Å². The third-order valence-corrected chi connectivity index (χ3v) is 5.54. The van der Waals surface area contributed by atoms with E-state index in [1.54, 1.807) is 24.3 Å². The number of rotatable bonds is 4. The first-order valence-corrected chi connectivity index (χ1v) is 8.02. The third-order valence-electron chi connectivity index (χ3n) is 3.57. The van der Waals surface area contributed by atoms with Gasteiger partial charge < -0.3 is 4.79 Å². The summed E-state index contributed by atoms with van der Waals surface area (Å²) < 4.78 is 26.7. The Morgan fingerprint density at radius 1 is 1.26 bits per heavy atom. The lowest BCUT2D eigenvalue weighted by molar-refractivity contribution is -0.108. The molecule has 0 N–H and O–H groups in total. The van der Waals surface area contributed by atoms with E-state index in [0.29, 0.717) is 11.4 Å². The van der Waals surface area contributed by atoms with Gasteiger partial charge in [-0.25, -0.2) is 8.42 Å². The Bertz CT molecular complexity index is 536. The van der Waals surface area contributed by atoms with Crippen LogP contribution in [0, 0.1) is 6.92 Å². The molecular formula is C14H19NO3S. The number of benzene rings is 1. The fourth-order valence-corrected chi connectivity index (χ4v) is 4.19. The number of hydrogen-bond donors (Lipinski definition) is 0. The van der Waals surface area contributed by atoms with Crippen molar-refractivity contribution in [3.05, 3.63) is 29.8 Å². The van der Waals surface area contributed by atoms with E-state index in [2.05, 4.69) is 0 Å². The molecule has 1 atom stereocenters. The minimum absolute atomic E-state index is 0.183. The first-order valence-electron chi connectivity index (χ1n) is 6.58. The monoisotopic (exact) mass is 281 g/mol. The molecule has 5 heteroatoms. The van der Waals surface area contributed by atoms with Crippen molar-refractivity contribution in [2.75, 3.05) is 6.54 Å². The summed E-state index contributed by atoms with van der Waals surface area (Å²) in [4.78, 5) is 11.0. The second-order valence-corrected chi connectivity index (χ2v) is 6.87. The van der Waals surface area contributed by atoms with Gasteiger partial charge in [0.25, 0.3) is 0 Å². The molecule has 0 amide bonds. The number of hydrogen-bond acceptors (Lipinski definition) is 3. The molecule has 4 nitrogen and oxygen atoms in total. The fraction of sp³-hybridized carbons (Fsp3) is 0.500. The molecule has 1 heterocycles. The van der Waals surface area contributed by atoms with E-state index >= 15 is 0 Å². The summed E-state index contributed by atoms with van der Waals surface area (Å²) in [7, 11) is -3.48. The van der Waals surface area contributed by atoms with Crippen LogP contribution in [0.15, 0.2) is 29.2 Å².